The van der Waals surface area contributed by atoms with Crippen molar-refractivity contribution in [1.82, 2.24) is 4.57 Å². The van der Waals surface area contributed by atoms with Gasteiger partial charge in [0, 0.05) is 11.6 Å². The highest BCUT2D eigenvalue weighted by molar-refractivity contribution is 7.80. The molecule has 110 valence electrons. The summed E-state index contributed by atoms with van der Waals surface area (Å²) >= 11 is 4.97. The van der Waals surface area contributed by atoms with Crippen LogP contribution in [-0.4, -0.2) is 9.56 Å². The maximum atomic E-state index is 12.6. The van der Waals surface area contributed by atoms with Crippen LogP contribution in [0.5, 0.6) is 0 Å². The van der Waals surface area contributed by atoms with Crippen molar-refractivity contribution in [2.75, 3.05) is 0 Å². The summed E-state index contributed by atoms with van der Waals surface area (Å²) in [7, 11) is 0. The van der Waals surface area contributed by atoms with Crippen LogP contribution in [0.2, 0.25) is 0 Å². The first-order valence-corrected chi connectivity index (χ1v) is 7.36. The third-order valence-corrected chi connectivity index (χ3v) is 3.79. The third-order valence-electron chi connectivity index (χ3n) is 3.57. The maximum absolute atomic E-state index is 12.6. The summed E-state index contributed by atoms with van der Waals surface area (Å²) < 4.78 is 1.76. The average molecular weight is 300 g/mol. The number of nitrogens with two attached hydrogens (primary N) is 1. The molecule has 0 aliphatic carbocycles. The summed E-state index contributed by atoms with van der Waals surface area (Å²) in [5, 5.41) is 0. The molecule has 0 radical (unpaired) electrons. The van der Waals surface area contributed by atoms with Gasteiger partial charge in [0.05, 0.1) is 11.3 Å². The summed E-state index contributed by atoms with van der Waals surface area (Å²) in [5.41, 5.74) is 10.2. The van der Waals surface area contributed by atoms with E-state index in [0.29, 0.717) is 5.56 Å². The van der Waals surface area contributed by atoms with E-state index in [1.54, 1.807) is 10.6 Å². The van der Waals surface area contributed by atoms with Gasteiger partial charge in [0.15, 0.2) is 0 Å². The molecule has 0 saturated heterocycles. The second-order valence-corrected chi connectivity index (χ2v) is 6.02. The number of aromatic nitrogens is 1. The Labute approximate surface area is 130 Å². The Morgan fingerprint density at radius 1 is 1.19 bits per heavy atom. The van der Waals surface area contributed by atoms with Crippen LogP contribution in [0.15, 0.2) is 35.1 Å². The van der Waals surface area contributed by atoms with Gasteiger partial charge in [0.25, 0.3) is 5.56 Å². The first-order valence-electron chi connectivity index (χ1n) is 6.96. The normalized spacial score (nSPS) is 10.9. The minimum atomic E-state index is -0.129. The quantitative estimate of drug-likeness (QED) is 0.884. The Morgan fingerprint density at radius 3 is 2.43 bits per heavy atom. The zero-order chi connectivity index (χ0) is 15.7. The lowest BCUT2D eigenvalue weighted by Gasteiger charge is -2.19. The fourth-order valence-electron chi connectivity index (χ4n) is 2.48. The summed E-state index contributed by atoms with van der Waals surface area (Å²) in [4.78, 5) is 12.8. The smallest absolute Gasteiger partial charge is 0.261 e. The fraction of sp³-hybridized carbons (Fsp3) is 0.294. The van der Waals surface area contributed by atoms with Gasteiger partial charge in [-0.3, -0.25) is 4.79 Å². The lowest BCUT2D eigenvalue weighted by molar-refractivity contribution is 0.584. The Bertz CT molecular complexity index is 760. The van der Waals surface area contributed by atoms with Gasteiger partial charge in [-0.25, -0.2) is 0 Å². The summed E-state index contributed by atoms with van der Waals surface area (Å²) in [5.74, 6) is 0. The van der Waals surface area contributed by atoms with Crippen molar-refractivity contribution in [2.24, 2.45) is 5.73 Å². The number of aryl methyl sites for hydroxylation is 2. The van der Waals surface area contributed by atoms with Crippen LogP contribution >= 0.6 is 12.2 Å². The molecule has 2 rings (SSSR count). The van der Waals surface area contributed by atoms with E-state index in [1.807, 2.05) is 33.8 Å². The summed E-state index contributed by atoms with van der Waals surface area (Å²) in [6.45, 7) is 8.06. The molecule has 0 unspecified atom stereocenters. The van der Waals surface area contributed by atoms with Crippen molar-refractivity contribution in [3.05, 3.63) is 57.4 Å². The van der Waals surface area contributed by atoms with Gasteiger partial charge in [-0.15, -0.1) is 0 Å². The number of hydrogen-bond donors (Lipinski definition) is 1. The highest BCUT2D eigenvalue weighted by atomic mass is 32.1. The second-order valence-electron chi connectivity index (χ2n) is 5.58. The molecule has 0 fully saturated rings. The van der Waals surface area contributed by atoms with Crippen LogP contribution in [0.4, 0.5) is 0 Å². The van der Waals surface area contributed by atoms with E-state index < -0.39 is 0 Å². The average Bonchev–Trinajstić information content (AvgIpc) is 2.40. The Morgan fingerprint density at radius 2 is 1.86 bits per heavy atom. The molecule has 2 N–H and O–H groups in total. The summed E-state index contributed by atoms with van der Waals surface area (Å²) in [6.07, 6.45) is 0. The molecular formula is C17H20N2OS. The van der Waals surface area contributed by atoms with Crippen LogP contribution in [0, 0.1) is 13.8 Å². The number of rotatable bonds is 3. The Balaban J connectivity index is 2.81. The SMILES string of the molecule is Cc1ccc(C)c(-c2ccc(C(N)=S)c(=O)n2C(C)C)c1. The van der Waals surface area contributed by atoms with E-state index in [9.17, 15) is 4.79 Å². The largest absolute Gasteiger partial charge is 0.389 e. The molecule has 0 aliphatic rings. The minimum absolute atomic E-state index is 0.0294. The van der Waals surface area contributed by atoms with Crippen molar-refractivity contribution in [3.8, 4) is 11.3 Å². The monoisotopic (exact) mass is 300 g/mol. The molecule has 21 heavy (non-hydrogen) atoms. The highest BCUT2D eigenvalue weighted by Crippen LogP contribution is 2.26. The highest BCUT2D eigenvalue weighted by Gasteiger charge is 2.15. The van der Waals surface area contributed by atoms with Gasteiger partial charge in [-0.2, -0.15) is 0 Å². The van der Waals surface area contributed by atoms with Gasteiger partial charge in [0.2, 0.25) is 0 Å². The molecule has 0 amide bonds. The number of nitrogens with zero attached hydrogens (tertiary/aromatic N) is 1. The Kier molecular flexibility index (Phi) is 4.28. The first-order chi connectivity index (χ1) is 9.82. The zero-order valence-corrected chi connectivity index (χ0v) is 13.6. The molecule has 4 heteroatoms. The molecule has 0 spiro atoms. The van der Waals surface area contributed by atoms with E-state index in [-0.39, 0.29) is 16.6 Å². The fourth-order valence-corrected chi connectivity index (χ4v) is 2.64. The van der Waals surface area contributed by atoms with Gasteiger partial charge >= 0.3 is 0 Å². The molecule has 1 aromatic heterocycles. The van der Waals surface area contributed by atoms with Crippen LogP contribution in [-0.2, 0) is 0 Å². The molecule has 1 aromatic carbocycles. The molecule has 0 bridgehead atoms. The van der Waals surface area contributed by atoms with E-state index >= 15 is 0 Å². The number of thiocarbonyl (C=S) groups is 1. The van der Waals surface area contributed by atoms with Crippen LogP contribution < -0.4 is 11.3 Å². The van der Waals surface area contributed by atoms with Gasteiger partial charge in [-0.05, 0) is 51.5 Å². The van der Waals surface area contributed by atoms with E-state index in [1.165, 1.54) is 0 Å². The van der Waals surface area contributed by atoms with Crippen molar-refractivity contribution >= 4 is 17.2 Å². The maximum Gasteiger partial charge on any atom is 0.261 e. The molecule has 3 nitrogen and oxygen atoms in total. The van der Waals surface area contributed by atoms with Crippen LogP contribution in [0.3, 0.4) is 0 Å². The molecular weight excluding hydrogens is 280 g/mol. The molecule has 0 aliphatic heterocycles. The molecule has 0 saturated carbocycles. The van der Waals surface area contributed by atoms with Gasteiger partial charge < -0.3 is 10.3 Å². The van der Waals surface area contributed by atoms with Crippen molar-refractivity contribution in [3.63, 3.8) is 0 Å². The predicted molar refractivity (Wildman–Crippen MR) is 91.9 cm³/mol. The van der Waals surface area contributed by atoms with E-state index in [0.717, 1.165) is 22.4 Å². The van der Waals surface area contributed by atoms with Gasteiger partial charge in [-0.1, -0.05) is 29.9 Å². The molecule has 1 heterocycles. The predicted octanol–water partition coefficient (Wildman–Crippen LogP) is 3.35. The van der Waals surface area contributed by atoms with Crippen molar-refractivity contribution < 1.29 is 0 Å². The topological polar surface area (TPSA) is 48.0 Å². The van der Waals surface area contributed by atoms with Crippen molar-refractivity contribution in [2.45, 2.75) is 33.7 Å². The number of pyridine rings is 1. The minimum Gasteiger partial charge on any atom is -0.389 e. The second kappa shape index (κ2) is 5.82. The van der Waals surface area contributed by atoms with Crippen LogP contribution in [0.1, 0.15) is 36.6 Å². The lowest BCUT2D eigenvalue weighted by atomic mass is 10.0. The zero-order valence-electron chi connectivity index (χ0n) is 12.8. The van der Waals surface area contributed by atoms with Gasteiger partial charge in [0.1, 0.15) is 4.99 Å². The third kappa shape index (κ3) is 2.90. The van der Waals surface area contributed by atoms with E-state index in [2.05, 4.69) is 18.2 Å². The Hall–Kier alpha value is -1.94. The van der Waals surface area contributed by atoms with Crippen molar-refractivity contribution in [1.29, 1.82) is 0 Å². The lowest BCUT2D eigenvalue weighted by Crippen LogP contribution is -2.31. The molecule has 2 aromatic rings. The van der Waals surface area contributed by atoms with Crippen LogP contribution in [0.25, 0.3) is 11.3 Å². The standard InChI is InChI=1S/C17H20N2OS/c1-10(2)19-15(8-7-13(16(18)21)17(19)20)14-9-11(3)5-6-12(14)4/h5-10H,1-4H3,(H2,18,21). The number of hydrogen-bond acceptors (Lipinski definition) is 2. The number of benzene rings is 1. The first kappa shape index (κ1) is 15.4. The summed E-state index contributed by atoms with van der Waals surface area (Å²) in [6, 6.07) is 9.92. The van der Waals surface area contributed by atoms with E-state index in [4.69, 9.17) is 18.0 Å². The molecule has 0 atom stereocenters.